The average Bonchev–Trinajstić information content (AvgIpc) is 3.37. The van der Waals surface area contributed by atoms with Crippen LogP contribution in [0.25, 0.3) is 0 Å². The van der Waals surface area contributed by atoms with Crippen molar-refractivity contribution in [2.75, 3.05) is 33.2 Å². The zero-order valence-electron chi connectivity index (χ0n) is 15.3. The highest BCUT2D eigenvalue weighted by Crippen LogP contribution is 2.40. The first-order valence-corrected chi connectivity index (χ1v) is 9.44. The van der Waals surface area contributed by atoms with Gasteiger partial charge in [0.2, 0.25) is 11.7 Å². The van der Waals surface area contributed by atoms with Gasteiger partial charge in [0, 0.05) is 30.4 Å². The Labute approximate surface area is 157 Å². The van der Waals surface area contributed by atoms with E-state index in [1.165, 1.54) is 5.56 Å². The first-order valence-electron chi connectivity index (χ1n) is 8.49. The number of carbonyl (C=O) groups is 1. The second-order valence-electron chi connectivity index (χ2n) is 6.23. The van der Waals surface area contributed by atoms with E-state index in [4.69, 9.17) is 14.2 Å². The largest absolute Gasteiger partial charge is 0.493 e. The monoisotopic (exact) mass is 376 g/mol. The van der Waals surface area contributed by atoms with Crippen molar-refractivity contribution in [2.24, 2.45) is 0 Å². The highest BCUT2D eigenvalue weighted by atomic mass is 32.1. The molecule has 1 aromatic carbocycles. The van der Waals surface area contributed by atoms with Crippen molar-refractivity contribution >= 4 is 22.9 Å². The summed E-state index contributed by atoms with van der Waals surface area (Å²) in [6, 6.07) is 6.08. The first-order chi connectivity index (χ1) is 12.6. The van der Waals surface area contributed by atoms with Gasteiger partial charge in [-0.3, -0.25) is 9.69 Å². The summed E-state index contributed by atoms with van der Waals surface area (Å²) in [6.07, 6.45) is 2.31. The number of thiophene rings is 1. The molecule has 1 heterocycles. The Hall–Kier alpha value is -2.25. The zero-order valence-corrected chi connectivity index (χ0v) is 16.1. The molecule has 3 rings (SSSR count). The van der Waals surface area contributed by atoms with Crippen LogP contribution < -0.4 is 19.5 Å². The van der Waals surface area contributed by atoms with E-state index in [-0.39, 0.29) is 5.91 Å². The van der Waals surface area contributed by atoms with Crippen LogP contribution >= 0.6 is 11.3 Å². The molecule has 1 amide bonds. The highest BCUT2D eigenvalue weighted by molar-refractivity contribution is 7.07. The number of anilines is 1. The number of ether oxygens (including phenoxy) is 3. The predicted molar refractivity (Wildman–Crippen MR) is 102 cm³/mol. The number of hydrogen-bond donors (Lipinski definition) is 1. The highest BCUT2D eigenvalue weighted by Gasteiger charge is 2.30. The molecule has 1 N–H and O–H groups in total. The fraction of sp³-hybridized carbons (Fsp3) is 0.421. The molecule has 1 saturated carbocycles. The third kappa shape index (κ3) is 4.47. The van der Waals surface area contributed by atoms with Crippen LogP contribution in [0.15, 0.2) is 29.0 Å². The second-order valence-corrected chi connectivity index (χ2v) is 7.01. The Morgan fingerprint density at radius 3 is 2.38 bits per heavy atom. The van der Waals surface area contributed by atoms with Crippen molar-refractivity contribution < 1.29 is 19.0 Å². The number of nitrogens with zero attached hydrogens (tertiary/aromatic N) is 1. The molecule has 0 bridgehead atoms. The number of carbonyl (C=O) groups excluding carboxylic acids is 1. The molecule has 0 saturated heterocycles. The smallest absolute Gasteiger partial charge is 0.238 e. The minimum absolute atomic E-state index is 0.0543. The number of benzene rings is 1. The number of methoxy groups -OCH3 is 3. The van der Waals surface area contributed by atoms with Crippen molar-refractivity contribution in [3.8, 4) is 17.2 Å². The van der Waals surface area contributed by atoms with Gasteiger partial charge in [-0.25, -0.2) is 0 Å². The van der Waals surface area contributed by atoms with Crippen LogP contribution in [0.1, 0.15) is 18.4 Å². The van der Waals surface area contributed by atoms with Crippen molar-refractivity contribution in [1.29, 1.82) is 0 Å². The molecule has 0 atom stereocenters. The maximum Gasteiger partial charge on any atom is 0.238 e. The van der Waals surface area contributed by atoms with Crippen LogP contribution in [-0.2, 0) is 11.3 Å². The van der Waals surface area contributed by atoms with E-state index in [0.717, 1.165) is 19.4 Å². The quantitative estimate of drug-likeness (QED) is 0.727. The SMILES string of the molecule is COc1cc(NC(=O)CN(Cc2ccsc2)C2CC2)cc(OC)c1OC. The van der Waals surface area contributed by atoms with Gasteiger partial charge in [-0.15, -0.1) is 0 Å². The summed E-state index contributed by atoms with van der Waals surface area (Å²) >= 11 is 1.68. The molecule has 0 unspecified atom stereocenters. The van der Waals surface area contributed by atoms with Gasteiger partial charge in [0.25, 0.3) is 0 Å². The van der Waals surface area contributed by atoms with E-state index in [1.807, 2.05) is 0 Å². The summed E-state index contributed by atoms with van der Waals surface area (Å²) in [7, 11) is 4.66. The van der Waals surface area contributed by atoms with Crippen LogP contribution in [-0.4, -0.2) is 44.7 Å². The minimum atomic E-state index is -0.0543. The minimum Gasteiger partial charge on any atom is -0.493 e. The lowest BCUT2D eigenvalue weighted by atomic mass is 10.2. The molecule has 0 aliphatic heterocycles. The van der Waals surface area contributed by atoms with E-state index >= 15 is 0 Å². The normalized spacial score (nSPS) is 13.5. The van der Waals surface area contributed by atoms with Crippen LogP contribution in [0.2, 0.25) is 0 Å². The number of amides is 1. The van der Waals surface area contributed by atoms with Gasteiger partial charge in [-0.05, 0) is 35.2 Å². The molecule has 1 aliphatic rings. The third-order valence-corrected chi connectivity index (χ3v) is 5.06. The van der Waals surface area contributed by atoms with Crippen molar-refractivity contribution in [3.05, 3.63) is 34.5 Å². The molecule has 0 spiro atoms. The fourth-order valence-electron chi connectivity index (χ4n) is 2.91. The second kappa shape index (κ2) is 8.42. The van der Waals surface area contributed by atoms with Gasteiger partial charge in [0.05, 0.1) is 27.9 Å². The number of rotatable bonds is 9. The molecule has 6 nitrogen and oxygen atoms in total. The predicted octanol–water partition coefficient (Wildman–Crippen LogP) is 3.38. The Kier molecular flexibility index (Phi) is 6.00. The number of hydrogen-bond acceptors (Lipinski definition) is 6. The van der Waals surface area contributed by atoms with Crippen LogP contribution in [0.4, 0.5) is 5.69 Å². The van der Waals surface area contributed by atoms with Gasteiger partial charge in [0.15, 0.2) is 11.5 Å². The Balaban J connectivity index is 1.68. The van der Waals surface area contributed by atoms with E-state index in [9.17, 15) is 4.79 Å². The van der Waals surface area contributed by atoms with Gasteiger partial charge in [0.1, 0.15) is 0 Å². The van der Waals surface area contributed by atoms with E-state index in [2.05, 4.69) is 27.0 Å². The lowest BCUT2D eigenvalue weighted by molar-refractivity contribution is -0.117. The molecule has 2 aromatic rings. The maximum atomic E-state index is 12.6. The van der Waals surface area contributed by atoms with Gasteiger partial charge in [-0.2, -0.15) is 11.3 Å². The topological polar surface area (TPSA) is 60.0 Å². The van der Waals surface area contributed by atoms with E-state index in [1.54, 1.807) is 44.8 Å². The molecule has 0 radical (unpaired) electrons. The van der Waals surface area contributed by atoms with Crippen molar-refractivity contribution in [3.63, 3.8) is 0 Å². The molecule has 1 aromatic heterocycles. The summed E-state index contributed by atoms with van der Waals surface area (Å²) in [4.78, 5) is 14.8. The third-order valence-electron chi connectivity index (χ3n) is 4.32. The van der Waals surface area contributed by atoms with E-state index < -0.39 is 0 Å². The summed E-state index contributed by atoms with van der Waals surface area (Å²) in [5, 5.41) is 7.14. The fourth-order valence-corrected chi connectivity index (χ4v) is 3.57. The molecule has 1 aliphatic carbocycles. The Morgan fingerprint density at radius 1 is 1.19 bits per heavy atom. The summed E-state index contributed by atoms with van der Waals surface area (Å²) in [5.74, 6) is 1.48. The first kappa shape index (κ1) is 18.5. The summed E-state index contributed by atoms with van der Waals surface area (Å²) in [5.41, 5.74) is 1.87. The van der Waals surface area contributed by atoms with Crippen molar-refractivity contribution in [1.82, 2.24) is 4.90 Å². The van der Waals surface area contributed by atoms with Crippen LogP contribution in [0.5, 0.6) is 17.2 Å². The Morgan fingerprint density at radius 2 is 1.88 bits per heavy atom. The molecule has 26 heavy (non-hydrogen) atoms. The average molecular weight is 376 g/mol. The zero-order chi connectivity index (χ0) is 18.5. The molecular weight excluding hydrogens is 352 g/mol. The molecule has 140 valence electrons. The maximum absolute atomic E-state index is 12.6. The van der Waals surface area contributed by atoms with Crippen LogP contribution in [0, 0.1) is 0 Å². The summed E-state index contributed by atoms with van der Waals surface area (Å²) in [6.45, 7) is 1.16. The molecule has 1 fully saturated rings. The van der Waals surface area contributed by atoms with Gasteiger partial charge < -0.3 is 19.5 Å². The Bertz CT molecular complexity index is 719. The lowest BCUT2D eigenvalue weighted by Crippen LogP contribution is -2.34. The lowest BCUT2D eigenvalue weighted by Gasteiger charge is -2.21. The molecule has 7 heteroatoms. The van der Waals surface area contributed by atoms with Crippen molar-refractivity contribution in [2.45, 2.75) is 25.4 Å². The summed E-state index contributed by atoms with van der Waals surface area (Å²) < 4.78 is 16.0. The van der Waals surface area contributed by atoms with Crippen LogP contribution in [0.3, 0.4) is 0 Å². The molecular formula is C19H24N2O4S. The van der Waals surface area contributed by atoms with E-state index in [0.29, 0.717) is 35.5 Å². The van der Waals surface area contributed by atoms with Gasteiger partial charge >= 0.3 is 0 Å². The standard InChI is InChI=1S/C19H24N2O4S/c1-23-16-8-14(9-17(24-2)19(16)25-3)20-18(22)11-21(15-4-5-15)10-13-6-7-26-12-13/h6-9,12,15H,4-5,10-11H2,1-3H3,(H,20,22). The van der Waals surface area contributed by atoms with Gasteiger partial charge in [-0.1, -0.05) is 0 Å². The number of nitrogens with one attached hydrogen (secondary N) is 1.